The highest BCUT2D eigenvalue weighted by Gasteiger charge is 2.30. The van der Waals surface area contributed by atoms with E-state index in [9.17, 15) is 4.79 Å². The van der Waals surface area contributed by atoms with Crippen LogP contribution in [0.3, 0.4) is 0 Å². The highest BCUT2D eigenvalue weighted by Crippen LogP contribution is 2.20. The van der Waals surface area contributed by atoms with Crippen LogP contribution < -0.4 is 5.32 Å². The standard InChI is InChI=1S/C15H24N4OS/c1-2-3-14-17-12(11-21-14)10-18-7-4-13(5-8-18)19-9-6-16-15(19)20/h11,13H,2-10H2,1H3,(H,16,20). The molecule has 0 aliphatic carbocycles. The van der Waals surface area contributed by atoms with Crippen molar-refractivity contribution in [2.75, 3.05) is 26.2 Å². The number of thiazole rings is 1. The van der Waals surface area contributed by atoms with Gasteiger partial charge >= 0.3 is 6.03 Å². The number of piperidine rings is 1. The Morgan fingerprint density at radius 3 is 2.86 bits per heavy atom. The molecule has 1 aromatic heterocycles. The third-order valence-corrected chi connectivity index (χ3v) is 5.29. The molecule has 0 unspecified atom stereocenters. The van der Waals surface area contributed by atoms with E-state index in [1.807, 2.05) is 4.90 Å². The molecule has 2 fully saturated rings. The Hall–Kier alpha value is -1.14. The summed E-state index contributed by atoms with van der Waals surface area (Å²) < 4.78 is 0. The number of likely N-dealkylation sites (tertiary alicyclic amines) is 1. The van der Waals surface area contributed by atoms with Crippen LogP contribution in [0.4, 0.5) is 4.79 Å². The third kappa shape index (κ3) is 3.55. The summed E-state index contributed by atoms with van der Waals surface area (Å²) in [6.45, 7) is 6.96. The van der Waals surface area contributed by atoms with Crippen LogP contribution in [0.25, 0.3) is 0 Å². The lowest BCUT2D eigenvalue weighted by atomic mass is 10.0. The van der Waals surface area contributed by atoms with Gasteiger partial charge in [0.1, 0.15) is 0 Å². The number of rotatable bonds is 5. The fourth-order valence-corrected chi connectivity index (χ4v) is 4.09. The van der Waals surface area contributed by atoms with Gasteiger partial charge < -0.3 is 10.2 Å². The molecule has 2 saturated heterocycles. The predicted molar refractivity (Wildman–Crippen MR) is 84.5 cm³/mol. The van der Waals surface area contributed by atoms with Crippen LogP contribution in [0.2, 0.25) is 0 Å². The number of nitrogens with zero attached hydrogens (tertiary/aromatic N) is 3. The summed E-state index contributed by atoms with van der Waals surface area (Å²) in [6.07, 6.45) is 4.42. The fraction of sp³-hybridized carbons (Fsp3) is 0.733. The first kappa shape index (κ1) is 14.8. The molecule has 6 heteroatoms. The summed E-state index contributed by atoms with van der Waals surface area (Å²) in [7, 11) is 0. The Morgan fingerprint density at radius 2 is 2.19 bits per heavy atom. The van der Waals surface area contributed by atoms with Crippen molar-refractivity contribution >= 4 is 17.4 Å². The maximum absolute atomic E-state index is 11.7. The van der Waals surface area contributed by atoms with Gasteiger partial charge in [-0.05, 0) is 25.7 Å². The Morgan fingerprint density at radius 1 is 1.38 bits per heavy atom. The minimum absolute atomic E-state index is 0.122. The number of carbonyl (C=O) groups excluding carboxylic acids is 1. The molecule has 5 nitrogen and oxygen atoms in total. The van der Waals surface area contributed by atoms with Crippen LogP contribution in [0.1, 0.15) is 36.9 Å². The maximum atomic E-state index is 11.7. The molecule has 0 radical (unpaired) electrons. The van der Waals surface area contributed by atoms with Crippen molar-refractivity contribution in [3.63, 3.8) is 0 Å². The fourth-order valence-electron chi connectivity index (χ4n) is 3.20. The quantitative estimate of drug-likeness (QED) is 0.906. The van der Waals surface area contributed by atoms with E-state index >= 15 is 0 Å². The number of aromatic nitrogens is 1. The van der Waals surface area contributed by atoms with E-state index in [1.54, 1.807) is 11.3 Å². The number of nitrogens with one attached hydrogen (secondary N) is 1. The van der Waals surface area contributed by atoms with Crippen molar-refractivity contribution in [2.45, 2.75) is 45.2 Å². The molecule has 2 aliphatic rings. The highest BCUT2D eigenvalue weighted by molar-refractivity contribution is 7.09. The van der Waals surface area contributed by atoms with Gasteiger partial charge in [0.2, 0.25) is 0 Å². The summed E-state index contributed by atoms with van der Waals surface area (Å²) in [5.74, 6) is 0. The summed E-state index contributed by atoms with van der Waals surface area (Å²) in [4.78, 5) is 20.9. The van der Waals surface area contributed by atoms with Crippen molar-refractivity contribution in [2.24, 2.45) is 0 Å². The van der Waals surface area contributed by atoms with Gasteiger partial charge in [0.05, 0.1) is 10.7 Å². The lowest BCUT2D eigenvalue weighted by Crippen LogP contribution is -2.45. The second-order valence-electron chi connectivity index (χ2n) is 5.92. The van der Waals surface area contributed by atoms with Gasteiger partial charge in [-0.2, -0.15) is 0 Å². The lowest BCUT2D eigenvalue weighted by Gasteiger charge is -2.35. The predicted octanol–water partition coefficient (Wildman–Crippen LogP) is 2.09. The van der Waals surface area contributed by atoms with Gasteiger partial charge in [0, 0.05) is 44.1 Å². The Balaban J connectivity index is 1.48. The Labute approximate surface area is 130 Å². The number of hydrogen-bond acceptors (Lipinski definition) is 4. The zero-order chi connectivity index (χ0) is 14.7. The average Bonchev–Trinajstić information content (AvgIpc) is 3.10. The molecule has 116 valence electrons. The van der Waals surface area contributed by atoms with Gasteiger partial charge in [-0.25, -0.2) is 9.78 Å². The van der Waals surface area contributed by atoms with E-state index in [-0.39, 0.29) is 6.03 Å². The molecule has 1 aromatic rings. The van der Waals surface area contributed by atoms with E-state index in [1.165, 1.54) is 10.7 Å². The number of amides is 2. The number of aryl methyl sites for hydroxylation is 1. The summed E-state index contributed by atoms with van der Waals surface area (Å²) in [5.41, 5.74) is 1.21. The van der Waals surface area contributed by atoms with Crippen molar-refractivity contribution in [3.8, 4) is 0 Å². The molecule has 0 bridgehead atoms. The molecule has 3 rings (SSSR count). The zero-order valence-electron chi connectivity index (χ0n) is 12.7. The monoisotopic (exact) mass is 308 g/mol. The van der Waals surface area contributed by atoms with Crippen LogP contribution >= 0.6 is 11.3 Å². The summed E-state index contributed by atoms with van der Waals surface area (Å²) >= 11 is 1.79. The molecule has 1 N–H and O–H groups in total. The molecule has 0 atom stereocenters. The first-order chi connectivity index (χ1) is 10.3. The van der Waals surface area contributed by atoms with Crippen molar-refractivity contribution in [1.29, 1.82) is 0 Å². The summed E-state index contributed by atoms with van der Waals surface area (Å²) in [5, 5.41) is 6.36. The number of carbonyl (C=O) groups is 1. The minimum atomic E-state index is 0.122. The average molecular weight is 308 g/mol. The van der Waals surface area contributed by atoms with E-state index in [4.69, 9.17) is 4.98 Å². The summed E-state index contributed by atoms with van der Waals surface area (Å²) in [6, 6.07) is 0.548. The number of hydrogen-bond donors (Lipinski definition) is 1. The van der Waals surface area contributed by atoms with E-state index in [0.717, 1.165) is 58.4 Å². The first-order valence-corrected chi connectivity index (χ1v) is 8.84. The molecule has 3 heterocycles. The molecular formula is C15H24N4OS. The lowest BCUT2D eigenvalue weighted by molar-refractivity contribution is 0.131. The van der Waals surface area contributed by atoms with Gasteiger partial charge in [-0.3, -0.25) is 4.90 Å². The van der Waals surface area contributed by atoms with Gasteiger partial charge in [-0.1, -0.05) is 6.92 Å². The molecular weight excluding hydrogens is 284 g/mol. The van der Waals surface area contributed by atoms with Gasteiger partial charge in [-0.15, -0.1) is 11.3 Å². The smallest absolute Gasteiger partial charge is 0.317 e. The molecule has 0 saturated carbocycles. The van der Waals surface area contributed by atoms with Crippen molar-refractivity contribution in [3.05, 3.63) is 16.1 Å². The number of urea groups is 1. The van der Waals surface area contributed by atoms with E-state index in [2.05, 4.69) is 22.5 Å². The van der Waals surface area contributed by atoms with Crippen LogP contribution in [-0.4, -0.2) is 53.0 Å². The van der Waals surface area contributed by atoms with Crippen molar-refractivity contribution in [1.82, 2.24) is 20.1 Å². The second-order valence-corrected chi connectivity index (χ2v) is 6.86. The van der Waals surface area contributed by atoms with E-state index in [0.29, 0.717) is 6.04 Å². The van der Waals surface area contributed by atoms with Crippen LogP contribution in [-0.2, 0) is 13.0 Å². The zero-order valence-corrected chi connectivity index (χ0v) is 13.5. The molecule has 21 heavy (non-hydrogen) atoms. The van der Waals surface area contributed by atoms with Crippen LogP contribution in [0, 0.1) is 0 Å². The highest BCUT2D eigenvalue weighted by atomic mass is 32.1. The molecule has 2 aliphatic heterocycles. The third-order valence-electron chi connectivity index (χ3n) is 4.34. The Kier molecular flexibility index (Phi) is 4.75. The molecule has 0 aromatic carbocycles. The van der Waals surface area contributed by atoms with E-state index < -0.39 is 0 Å². The first-order valence-electron chi connectivity index (χ1n) is 7.96. The topological polar surface area (TPSA) is 48.5 Å². The SMILES string of the molecule is CCCc1nc(CN2CCC(N3CCNC3=O)CC2)cs1. The van der Waals surface area contributed by atoms with Crippen molar-refractivity contribution < 1.29 is 4.79 Å². The maximum Gasteiger partial charge on any atom is 0.317 e. The normalized spacial score (nSPS) is 21.0. The van der Waals surface area contributed by atoms with Gasteiger partial charge in [0.15, 0.2) is 0 Å². The minimum Gasteiger partial charge on any atom is -0.336 e. The Bertz CT molecular complexity index is 482. The van der Waals surface area contributed by atoms with Crippen LogP contribution in [0.15, 0.2) is 5.38 Å². The molecule has 0 spiro atoms. The largest absolute Gasteiger partial charge is 0.336 e. The van der Waals surface area contributed by atoms with Gasteiger partial charge in [0.25, 0.3) is 0 Å². The van der Waals surface area contributed by atoms with Crippen LogP contribution in [0.5, 0.6) is 0 Å². The molecule has 2 amide bonds. The second kappa shape index (κ2) is 6.75.